The van der Waals surface area contributed by atoms with Crippen LogP contribution in [0.3, 0.4) is 0 Å². The van der Waals surface area contributed by atoms with E-state index in [9.17, 15) is 9.18 Å². The van der Waals surface area contributed by atoms with Gasteiger partial charge in [-0.05, 0) is 54.8 Å². The quantitative estimate of drug-likeness (QED) is 0.943. The van der Waals surface area contributed by atoms with E-state index >= 15 is 0 Å². The molecule has 2 heterocycles. The SMILES string of the molecule is Nc1ccc(-c2ccc(F)cc2)n(CC2CCCO2)c1=O. The van der Waals surface area contributed by atoms with Gasteiger partial charge in [0.15, 0.2) is 0 Å². The molecule has 4 nitrogen and oxygen atoms in total. The summed E-state index contributed by atoms with van der Waals surface area (Å²) in [6.45, 7) is 1.20. The second-order valence-corrected chi connectivity index (χ2v) is 5.23. The minimum Gasteiger partial charge on any atom is -0.394 e. The lowest BCUT2D eigenvalue weighted by Gasteiger charge is -2.17. The summed E-state index contributed by atoms with van der Waals surface area (Å²) in [6.07, 6.45) is 1.97. The Bertz CT molecular complexity index is 688. The number of ether oxygens (including phenoxy) is 1. The number of hydrogen-bond donors (Lipinski definition) is 1. The first-order chi connectivity index (χ1) is 10.1. The zero-order valence-electron chi connectivity index (χ0n) is 11.6. The number of aromatic nitrogens is 1. The molecular weight excluding hydrogens is 271 g/mol. The summed E-state index contributed by atoms with van der Waals surface area (Å²) in [7, 11) is 0. The number of anilines is 1. The Kier molecular flexibility index (Phi) is 3.75. The van der Waals surface area contributed by atoms with Gasteiger partial charge in [-0.1, -0.05) is 0 Å². The average molecular weight is 288 g/mol. The molecule has 2 aromatic rings. The van der Waals surface area contributed by atoms with Crippen molar-refractivity contribution < 1.29 is 9.13 Å². The van der Waals surface area contributed by atoms with E-state index in [-0.39, 0.29) is 23.2 Å². The molecule has 5 heteroatoms. The molecule has 1 aromatic heterocycles. The minimum atomic E-state index is -0.304. The van der Waals surface area contributed by atoms with Crippen molar-refractivity contribution in [2.75, 3.05) is 12.3 Å². The molecule has 0 radical (unpaired) electrons. The predicted molar refractivity (Wildman–Crippen MR) is 79.5 cm³/mol. The first-order valence-corrected chi connectivity index (χ1v) is 7.02. The van der Waals surface area contributed by atoms with Crippen LogP contribution in [0.1, 0.15) is 12.8 Å². The molecule has 110 valence electrons. The molecule has 1 saturated heterocycles. The molecule has 1 aliphatic heterocycles. The third-order valence-electron chi connectivity index (χ3n) is 3.75. The number of rotatable bonds is 3. The Morgan fingerprint density at radius 1 is 1.24 bits per heavy atom. The highest BCUT2D eigenvalue weighted by atomic mass is 19.1. The third kappa shape index (κ3) is 2.83. The minimum absolute atomic E-state index is 0.0312. The van der Waals surface area contributed by atoms with Crippen molar-refractivity contribution in [2.45, 2.75) is 25.5 Å². The second kappa shape index (κ2) is 5.69. The van der Waals surface area contributed by atoms with Crippen LogP contribution in [0.2, 0.25) is 0 Å². The van der Waals surface area contributed by atoms with Crippen molar-refractivity contribution >= 4 is 5.69 Å². The van der Waals surface area contributed by atoms with Crippen molar-refractivity contribution in [1.82, 2.24) is 4.57 Å². The number of halogens is 1. The zero-order valence-corrected chi connectivity index (χ0v) is 11.6. The summed E-state index contributed by atoms with van der Waals surface area (Å²) >= 11 is 0. The van der Waals surface area contributed by atoms with Gasteiger partial charge in [0.05, 0.1) is 24.0 Å². The van der Waals surface area contributed by atoms with E-state index in [1.807, 2.05) is 0 Å². The van der Waals surface area contributed by atoms with Gasteiger partial charge in [0.25, 0.3) is 5.56 Å². The van der Waals surface area contributed by atoms with E-state index in [0.29, 0.717) is 6.54 Å². The third-order valence-corrected chi connectivity index (χ3v) is 3.75. The van der Waals surface area contributed by atoms with Gasteiger partial charge >= 0.3 is 0 Å². The van der Waals surface area contributed by atoms with Gasteiger partial charge in [-0.15, -0.1) is 0 Å². The summed E-state index contributed by atoms with van der Waals surface area (Å²) < 4.78 is 20.3. The van der Waals surface area contributed by atoms with Gasteiger partial charge in [-0.2, -0.15) is 0 Å². The van der Waals surface area contributed by atoms with Crippen LogP contribution in [0.15, 0.2) is 41.2 Å². The fraction of sp³-hybridized carbons (Fsp3) is 0.312. The van der Waals surface area contributed by atoms with Crippen LogP contribution < -0.4 is 11.3 Å². The van der Waals surface area contributed by atoms with Crippen LogP contribution in [0.4, 0.5) is 10.1 Å². The Morgan fingerprint density at radius 3 is 2.67 bits per heavy atom. The lowest BCUT2D eigenvalue weighted by Crippen LogP contribution is -2.29. The molecule has 0 amide bonds. The molecule has 1 aliphatic rings. The van der Waals surface area contributed by atoms with Gasteiger partial charge in [0.2, 0.25) is 0 Å². The molecule has 1 fully saturated rings. The fourth-order valence-electron chi connectivity index (χ4n) is 2.64. The van der Waals surface area contributed by atoms with Crippen LogP contribution >= 0.6 is 0 Å². The standard InChI is InChI=1S/C16H17FN2O2/c17-12-5-3-11(4-6-12)15-8-7-14(18)16(20)19(15)10-13-2-1-9-21-13/h3-8,13H,1-2,9-10,18H2. The van der Waals surface area contributed by atoms with Crippen LogP contribution in [-0.4, -0.2) is 17.3 Å². The van der Waals surface area contributed by atoms with Crippen molar-refractivity contribution in [1.29, 1.82) is 0 Å². The van der Waals surface area contributed by atoms with Crippen molar-refractivity contribution in [3.05, 3.63) is 52.6 Å². The molecular formula is C16H17FN2O2. The van der Waals surface area contributed by atoms with E-state index in [4.69, 9.17) is 10.5 Å². The smallest absolute Gasteiger partial charge is 0.274 e. The van der Waals surface area contributed by atoms with Crippen LogP contribution in [0.5, 0.6) is 0 Å². The number of hydrogen-bond acceptors (Lipinski definition) is 3. The molecule has 1 unspecified atom stereocenters. The Labute approximate surface area is 122 Å². The topological polar surface area (TPSA) is 57.2 Å². The summed E-state index contributed by atoms with van der Waals surface area (Å²) in [5.41, 5.74) is 7.22. The molecule has 2 N–H and O–H groups in total. The summed E-state index contributed by atoms with van der Waals surface area (Å²) in [5, 5.41) is 0. The highest BCUT2D eigenvalue weighted by Crippen LogP contribution is 2.22. The number of nitrogens with zero attached hydrogens (tertiary/aromatic N) is 1. The molecule has 21 heavy (non-hydrogen) atoms. The predicted octanol–water partition coefficient (Wildman–Crippen LogP) is 2.42. The molecule has 0 spiro atoms. The van der Waals surface area contributed by atoms with E-state index in [1.165, 1.54) is 12.1 Å². The average Bonchev–Trinajstić information content (AvgIpc) is 2.98. The van der Waals surface area contributed by atoms with E-state index in [1.54, 1.807) is 28.8 Å². The second-order valence-electron chi connectivity index (χ2n) is 5.23. The molecule has 0 aliphatic carbocycles. The highest BCUT2D eigenvalue weighted by Gasteiger charge is 2.19. The van der Waals surface area contributed by atoms with E-state index in [0.717, 1.165) is 30.7 Å². The van der Waals surface area contributed by atoms with Crippen LogP contribution in [0, 0.1) is 5.82 Å². The highest BCUT2D eigenvalue weighted by molar-refractivity contribution is 5.61. The fourth-order valence-corrected chi connectivity index (χ4v) is 2.64. The summed E-state index contributed by atoms with van der Waals surface area (Å²) in [4.78, 5) is 12.3. The molecule has 1 atom stereocenters. The van der Waals surface area contributed by atoms with Crippen molar-refractivity contribution in [2.24, 2.45) is 0 Å². The molecule has 3 rings (SSSR count). The summed E-state index contributed by atoms with van der Waals surface area (Å²) in [5.74, 6) is -0.304. The van der Waals surface area contributed by atoms with Gasteiger partial charge in [-0.25, -0.2) is 4.39 Å². The maximum atomic E-state index is 13.1. The van der Waals surface area contributed by atoms with Crippen LogP contribution in [0.25, 0.3) is 11.3 Å². The molecule has 0 saturated carbocycles. The van der Waals surface area contributed by atoms with Gasteiger partial charge in [-0.3, -0.25) is 4.79 Å². The largest absolute Gasteiger partial charge is 0.394 e. The lowest BCUT2D eigenvalue weighted by molar-refractivity contribution is 0.0966. The monoisotopic (exact) mass is 288 g/mol. The number of nitrogen functional groups attached to an aromatic ring is 1. The van der Waals surface area contributed by atoms with Gasteiger partial charge in [0.1, 0.15) is 5.82 Å². The molecule has 1 aromatic carbocycles. The maximum Gasteiger partial charge on any atom is 0.274 e. The number of nitrogens with two attached hydrogens (primary N) is 1. The van der Waals surface area contributed by atoms with Crippen molar-refractivity contribution in [3.63, 3.8) is 0 Å². The zero-order chi connectivity index (χ0) is 14.8. The first kappa shape index (κ1) is 13.8. The van der Waals surface area contributed by atoms with Gasteiger partial charge < -0.3 is 15.0 Å². The lowest BCUT2D eigenvalue weighted by atomic mass is 10.1. The van der Waals surface area contributed by atoms with Crippen LogP contribution in [-0.2, 0) is 11.3 Å². The Hall–Kier alpha value is -2.14. The normalized spacial score (nSPS) is 18.0. The first-order valence-electron chi connectivity index (χ1n) is 7.02. The van der Waals surface area contributed by atoms with E-state index in [2.05, 4.69) is 0 Å². The number of benzene rings is 1. The Morgan fingerprint density at radius 2 is 2.00 bits per heavy atom. The van der Waals surface area contributed by atoms with Gasteiger partial charge in [0, 0.05) is 6.61 Å². The molecule has 0 bridgehead atoms. The maximum absolute atomic E-state index is 13.1. The summed E-state index contributed by atoms with van der Waals surface area (Å²) in [6, 6.07) is 9.46. The van der Waals surface area contributed by atoms with E-state index < -0.39 is 0 Å². The number of pyridine rings is 1. The van der Waals surface area contributed by atoms with Crippen molar-refractivity contribution in [3.8, 4) is 11.3 Å². The Balaban J connectivity index is 2.04.